The minimum Gasteiger partial charge on any atom is -0.384 e. The van der Waals surface area contributed by atoms with Gasteiger partial charge in [0.2, 0.25) is 0 Å². The molecular weight excluding hydrogens is 154 g/mol. The zero-order chi connectivity index (χ0) is 9.52. The lowest BCUT2D eigenvalue weighted by Gasteiger charge is -2.20. The summed E-state index contributed by atoms with van der Waals surface area (Å²) in [6.07, 6.45) is 0.175. The summed E-state index contributed by atoms with van der Waals surface area (Å²) in [5.41, 5.74) is 0.249. The molecule has 1 N–H and O–H groups in total. The third kappa shape index (κ3) is 1.61. The largest absolute Gasteiger partial charge is 0.384 e. The highest BCUT2D eigenvalue weighted by Crippen LogP contribution is 2.48. The van der Waals surface area contributed by atoms with Crippen molar-refractivity contribution >= 4 is 5.91 Å². The summed E-state index contributed by atoms with van der Waals surface area (Å²) >= 11 is 0. The Labute approximate surface area is 73.4 Å². The van der Waals surface area contributed by atoms with Gasteiger partial charge in [-0.15, -0.1) is 0 Å². The van der Waals surface area contributed by atoms with Crippen molar-refractivity contribution < 1.29 is 9.90 Å². The van der Waals surface area contributed by atoms with Crippen LogP contribution in [0.3, 0.4) is 0 Å². The van der Waals surface area contributed by atoms with Crippen molar-refractivity contribution in [3.05, 3.63) is 0 Å². The number of rotatable bonds is 2. The average molecular weight is 171 g/mol. The molecule has 0 bridgehead atoms. The Morgan fingerprint density at radius 1 is 1.67 bits per heavy atom. The number of hydrogen-bond donors (Lipinski definition) is 1. The number of carbonyl (C=O) groups excluding carboxylic acids is 1. The minimum atomic E-state index is -0.869. The van der Waals surface area contributed by atoms with E-state index in [1.54, 1.807) is 11.9 Å². The van der Waals surface area contributed by atoms with Crippen LogP contribution in [0.1, 0.15) is 27.2 Å². The highest BCUT2D eigenvalue weighted by Gasteiger charge is 2.49. The van der Waals surface area contributed by atoms with Gasteiger partial charge in [-0.3, -0.25) is 4.79 Å². The Hall–Kier alpha value is -0.570. The van der Waals surface area contributed by atoms with Crippen LogP contribution in [0.15, 0.2) is 0 Å². The van der Waals surface area contributed by atoms with Crippen molar-refractivity contribution in [3.63, 3.8) is 0 Å². The molecule has 0 saturated heterocycles. The number of carbonyl (C=O) groups is 1. The van der Waals surface area contributed by atoms with Gasteiger partial charge < -0.3 is 10.0 Å². The average Bonchev–Trinajstić information content (AvgIpc) is 2.56. The lowest BCUT2D eigenvalue weighted by Crippen LogP contribution is -2.37. The maximum absolute atomic E-state index is 11.3. The monoisotopic (exact) mass is 171 g/mol. The molecule has 2 atom stereocenters. The van der Waals surface area contributed by atoms with Crippen LogP contribution in [0.25, 0.3) is 0 Å². The third-order valence-corrected chi connectivity index (χ3v) is 2.63. The molecule has 1 aliphatic carbocycles. The Kier molecular flexibility index (Phi) is 2.17. The summed E-state index contributed by atoms with van der Waals surface area (Å²) < 4.78 is 0. The molecule has 1 amide bonds. The smallest absolute Gasteiger partial charge is 0.251 e. The van der Waals surface area contributed by atoms with Gasteiger partial charge in [0, 0.05) is 13.1 Å². The van der Waals surface area contributed by atoms with E-state index >= 15 is 0 Å². The Morgan fingerprint density at radius 3 is 2.33 bits per heavy atom. The van der Waals surface area contributed by atoms with Gasteiger partial charge >= 0.3 is 0 Å². The number of aliphatic hydroxyl groups excluding tert-OH is 1. The van der Waals surface area contributed by atoms with E-state index in [9.17, 15) is 4.79 Å². The topological polar surface area (TPSA) is 40.5 Å². The second kappa shape index (κ2) is 2.73. The molecule has 0 aromatic carbocycles. The fraction of sp³-hybridized carbons (Fsp3) is 0.889. The third-order valence-electron chi connectivity index (χ3n) is 2.63. The van der Waals surface area contributed by atoms with Crippen molar-refractivity contribution in [2.75, 3.05) is 7.05 Å². The van der Waals surface area contributed by atoms with Crippen LogP contribution in [0, 0.1) is 5.41 Å². The summed E-state index contributed by atoms with van der Waals surface area (Å²) in [6, 6.07) is 0.319. The van der Waals surface area contributed by atoms with Crippen LogP contribution < -0.4 is 0 Å². The normalized spacial score (nSPS) is 27.9. The molecule has 0 spiro atoms. The van der Waals surface area contributed by atoms with E-state index in [-0.39, 0.29) is 11.3 Å². The molecule has 1 aliphatic rings. The Bertz CT molecular complexity index is 199. The molecule has 1 fully saturated rings. The zero-order valence-electron chi connectivity index (χ0n) is 8.16. The van der Waals surface area contributed by atoms with E-state index in [1.807, 2.05) is 0 Å². The van der Waals surface area contributed by atoms with Gasteiger partial charge in [0.05, 0.1) is 0 Å². The van der Waals surface area contributed by atoms with Crippen LogP contribution in [0.2, 0.25) is 0 Å². The van der Waals surface area contributed by atoms with Gasteiger partial charge in [-0.2, -0.15) is 0 Å². The minimum absolute atomic E-state index is 0.175. The summed E-state index contributed by atoms with van der Waals surface area (Å²) in [6.45, 7) is 5.77. The molecular formula is C9H17NO2. The molecule has 0 aromatic heterocycles. The van der Waals surface area contributed by atoms with Crippen LogP contribution in [-0.4, -0.2) is 35.1 Å². The summed E-state index contributed by atoms with van der Waals surface area (Å²) in [5.74, 6) is -0.175. The maximum Gasteiger partial charge on any atom is 0.251 e. The van der Waals surface area contributed by atoms with Gasteiger partial charge in [0.1, 0.15) is 6.10 Å². The van der Waals surface area contributed by atoms with E-state index in [2.05, 4.69) is 13.8 Å². The first-order chi connectivity index (χ1) is 5.36. The first-order valence-electron chi connectivity index (χ1n) is 4.31. The molecule has 3 nitrogen and oxygen atoms in total. The van der Waals surface area contributed by atoms with Crippen molar-refractivity contribution in [2.45, 2.75) is 39.3 Å². The fourth-order valence-corrected chi connectivity index (χ4v) is 1.55. The molecule has 0 radical (unpaired) electrons. The summed E-state index contributed by atoms with van der Waals surface area (Å²) in [7, 11) is 1.76. The summed E-state index contributed by atoms with van der Waals surface area (Å²) in [4.78, 5) is 12.9. The van der Waals surface area contributed by atoms with Crippen molar-refractivity contribution in [3.8, 4) is 0 Å². The van der Waals surface area contributed by atoms with Crippen LogP contribution in [0.5, 0.6) is 0 Å². The Balaban J connectivity index is 2.50. The molecule has 1 rings (SSSR count). The Morgan fingerprint density at radius 2 is 2.08 bits per heavy atom. The van der Waals surface area contributed by atoms with Crippen LogP contribution >= 0.6 is 0 Å². The fourth-order valence-electron chi connectivity index (χ4n) is 1.55. The van der Waals surface area contributed by atoms with E-state index in [0.717, 1.165) is 6.42 Å². The molecule has 1 unspecified atom stereocenters. The first kappa shape index (κ1) is 9.52. The van der Waals surface area contributed by atoms with Crippen molar-refractivity contribution in [1.82, 2.24) is 4.90 Å². The number of nitrogens with zero attached hydrogens (tertiary/aromatic N) is 1. The molecule has 0 heterocycles. The molecule has 70 valence electrons. The van der Waals surface area contributed by atoms with E-state index < -0.39 is 6.10 Å². The highest BCUT2D eigenvalue weighted by molar-refractivity contribution is 5.80. The van der Waals surface area contributed by atoms with Gasteiger partial charge in [0.25, 0.3) is 5.91 Å². The second-order valence-electron chi connectivity index (χ2n) is 4.33. The predicted molar refractivity (Wildman–Crippen MR) is 46.6 cm³/mol. The molecule has 0 aromatic rings. The van der Waals surface area contributed by atoms with E-state index in [1.165, 1.54) is 6.92 Å². The molecule has 1 saturated carbocycles. The van der Waals surface area contributed by atoms with Gasteiger partial charge in [-0.1, -0.05) is 13.8 Å². The maximum atomic E-state index is 11.3. The summed E-state index contributed by atoms with van der Waals surface area (Å²) in [5, 5.41) is 9.05. The SMILES string of the molecule is C[C@H](O)C(=O)N(C)C1CC1(C)C. The first-order valence-corrected chi connectivity index (χ1v) is 4.31. The second-order valence-corrected chi connectivity index (χ2v) is 4.33. The number of likely N-dealkylation sites (N-methyl/N-ethyl adjacent to an activating group) is 1. The lowest BCUT2D eigenvalue weighted by atomic mass is 10.2. The lowest BCUT2D eigenvalue weighted by molar-refractivity contribution is -0.138. The number of aliphatic hydroxyl groups is 1. The molecule has 3 heteroatoms. The van der Waals surface area contributed by atoms with E-state index in [0.29, 0.717) is 6.04 Å². The number of amides is 1. The molecule has 12 heavy (non-hydrogen) atoms. The van der Waals surface area contributed by atoms with Crippen LogP contribution in [-0.2, 0) is 4.79 Å². The highest BCUT2D eigenvalue weighted by atomic mass is 16.3. The van der Waals surface area contributed by atoms with Gasteiger partial charge in [0.15, 0.2) is 0 Å². The van der Waals surface area contributed by atoms with Gasteiger partial charge in [-0.05, 0) is 18.8 Å². The van der Waals surface area contributed by atoms with Crippen LogP contribution in [0.4, 0.5) is 0 Å². The number of hydrogen-bond acceptors (Lipinski definition) is 2. The van der Waals surface area contributed by atoms with Crippen molar-refractivity contribution in [1.29, 1.82) is 0 Å². The van der Waals surface area contributed by atoms with Crippen molar-refractivity contribution in [2.24, 2.45) is 5.41 Å². The predicted octanol–water partition coefficient (Wildman–Crippen LogP) is 0.624. The standard InChI is InChI=1S/C9H17NO2/c1-6(11)8(12)10(4)7-5-9(7,2)3/h6-7,11H,5H2,1-4H3/t6-,7?/m0/s1. The van der Waals surface area contributed by atoms with E-state index in [4.69, 9.17) is 5.11 Å². The quantitative estimate of drug-likeness (QED) is 0.661. The zero-order valence-corrected chi connectivity index (χ0v) is 8.16. The van der Waals surface area contributed by atoms with Gasteiger partial charge in [-0.25, -0.2) is 0 Å². The molecule has 0 aliphatic heterocycles.